The Labute approximate surface area is 91.2 Å². The fourth-order valence-corrected chi connectivity index (χ4v) is 1.13. The van der Waals surface area contributed by atoms with Gasteiger partial charge in [-0.1, -0.05) is 0 Å². The van der Waals surface area contributed by atoms with Crippen molar-refractivity contribution < 1.29 is 13.9 Å². The Hall–Kier alpha value is -1.69. The minimum Gasteiger partial charge on any atom is -0.465 e. The molecule has 0 aliphatic carbocycles. The number of hydrogen-bond acceptors (Lipinski definition) is 3. The van der Waals surface area contributed by atoms with Crippen LogP contribution in [0.25, 0.3) is 0 Å². The van der Waals surface area contributed by atoms with Crippen molar-refractivity contribution in [3.63, 3.8) is 0 Å². The van der Waals surface area contributed by atoms with Gasteiger partial charge in [-0.25, -0.2) is 9.18 Å². The third-order valence-electron chi connectivity index (χ3n) is 1.64. The van der Waals surface area contributed by atoms with E-state index in [1.54, 1.807) is 0 Å². The molecule has 0 amide bonds. The van der Waals surface area contributed by atoms with Gasteiger partial charge in [0.25, 0.3) is 0 Å². The van der Waals surface area contributed by atoms with Crippen molar-refractivity contribution in [2.45, 2.75) is 0 Å². The van der Waals surface area contributed by atoms with Gasteiger partial charge in [0.1, 0.15) is 5.82 Å². The minimum absolute atomic E-state index is 0.0393. The molecule has 15 heavy (non-hydrogen) atoms. The molecular weight excluding hydrogens is 219 g/mol. The van der Waals surface area contributed by atoms with E-state index in [9.17, 15) is 9.18 Å². The summed E-state index contributed by atoms with van der Waals surface area (Å²) < 4.78 is 17.6. The van der Waals surface area contributed by atoms with Gasteiger partial charge < -0.3 is 15.8 Å². The molecule has 0 saturated heterocycles. The molecule has 1 aromatic rings. The number of rotatable bonds is 2. The fourth-order valence-electron chi connectivity index (χ4n) is 1.01. The number of nitrogens with one attached hydrogen (secondary N) is 1. The second-order valence-corrected chi connectivity index (χ2v) is 3.12. The summed E-state index contributed by atoms with van der Waals surface area (Å²) in [6.45, 7) is 0. The number of carbonyl (C=O) groups is 1. The smallest absolute Gasteiger partial charge is 0.340 e. The van der Waals surface area contributed by atoms with E-state index >= 15 is 0 Å². The van der Waals surface area contributed by atoms with Gasteiger partial charge in [-0.15, -0.1) is 0 Å². The van der Waals surface area contributed by atoms with E-state index in [4.69, 9.17) is 5.73 Å². The summed E-state index contributed by atoms with van der Waals surface area (Å²) in [4.78, 5) is 11.1. The first-order valence-electron chi connectivity index (χ1n) is 3.99. The molecule has 0 aliphatic heterocycles. The number of methoxy groups -OCH3 is 1. The van der Waals surface area contributed by atoms with Crippen molar-refractivity contribution in [3.8, 4) is 0 Å². The van der Waals surface area contributed by atoms with E-state index in [-0.39, 0.29) is 10.7 Å². The Bertz CT molecular complexity index is 409. The highest BCUT2D eigenvalue weighted by atomic mass is 32.1. The third-order valence-corrected chi connectivity index (χ3v) is 1.74. The molecule has 0 fully saturated rings. The monoisotopic (exact) mass is 228 g/mol. The Morgan fingerprint density at radius 3 is 2.80 bits per heavy atom. The molecule has 0 heterocycles. The zero-order chi connectivity index (χ0) is 11.4. The van der Waals surface area contributed by atoms with Crippen LogP contribution in [0.4, 0.5) is 10.1 Å². The Morgan fingerprint density at radius 1 is 1.60 bits per heavy atom. The number of carbonyl (C=O) groups excluding carboxylic acids is 1. The number of thiocarbonyl (C=S) groups is 1. The first kappa shape index (κ1) is 11.4. The van der Waals surface area contributed by atoms with Crippen LogP contribution in [0.2, 0.25) is 0 Å². The van der Waals surface area contributed by atoms with Crippen LogP contribution < -0.4 is 11.1 Å². The van der Waals surface area contributed by atoms with Gasteiger partial charge in [0, 0.05) is 5.69 Å². The van der Waals surface area contributed by atoms with Gasteiger partial charge >= 0.3 is 5.97 Å². The zero-order valence-corrected chi connectivity index (χ0v) is 8.73. The molecule has 3 N–H and O–H groups in total. The van der Waals surface area contributed by atoms with Crippen LogP contribution in [0.5, 0.6) is 0 Å². The summed E-state index contributed by atoms with van der Waals surface area (Å²) in [6.07, 6.45) is 0. The average Bonchev–Trinajstić information content (AvgIpc) is 2.19. The van der Waals surface area contributed by atoms with Crippen LogP contribution in [0.15, 0.2) is 18.2 Å². The number of anilines is 1. The number of benzene rings is 1. The maximum Gasteiger partial charge on any atom is 0.340 e. The van der Waals surface area contributed by atoms with Crippen molar-refractivity contribution in [3.05, 3.63) is 29.6 Å². The summed E-state index contributed by atoms with van der Waals surface area (Å²) >= 11 is 4.60. The van der Waals surface area contributed by atoms with E-state index in [0.717, 1.165) is 6.07 Å². The quantitative estimate of drug-likeness (QED) is 0.589. The van der Waals surface area contributed by atoms with Crippen molar-refractivity contribution >= 4 is 29.0 Å². The molecule has 0 unspecified atom stereocenters. The van der Waals surface area contributed by atoms with Crippen molar-refractivity contribution in [1.82, 2.24) is 0 Å². The maximum atomic E-state index is 13.2. The molecule has 1 rings (SSSR count). The van der Waals surface area contributed by atoms with Gasteiger partial charge in [-0.05, 0) is 30.4 Å². The zero-order valence-electron chi connectivity index (χ0n) is 7.91. The van der Waals surface area contributed by atoms with Gasteiger partial charge in [0.2, 0.25) is 0 Å². The Kier molecular flexibility index (Phi) is 3.56. The molecule has 0 spiro atoms. The lowest BCUT2D eigenvalue weighted by atomic mass is 10.2. The van der Waals surface area contributed by atoms with E-state index in [1.165, 1.54) is 19.2 Å². The maximum absolute atomic E-state index is 13.2. The second kappa shape index (κ2) is 4.70. The van der Waals surface area contributed by atoms with E-state index in [2.05, 4.69) is 22.3 Å². The molecule has 0 bridgehead atoms. The van der Waals surface area contributed by atoms with Gasteiger partial charge in [0.05, 0.1) is 12.7 Å². The highest BCUT2D eigenvalue weighted by molar-refractivity contribution is 7.80. The van der Waals surface area contributed by atoms with Crippen molar-refractivity contribution in [1.29, 1.82) is 0 Å². The van der Waals surface area contributed by atoms with Crippen LogP contribution in [0, 0.1) is 5.82 Å². The predicted octanol–water partition coefficient (Wildman–Crippen LogP) is 1.27. The summed E-state index contributed by atoms with van der Waals surface area (Å²) in [5.41, 5.74) is 5.50. The minimum atomic E-state index is -0.751. The highest BCUT2D eigenvalue weighted by Crippen LogP contribution is 2.15. The Morgan fingerprint density at radius 2 is 2.27 bits per heavy atom. The predicted molar refractivity (Wildman–Crippen MR) is 58.1 cm³/mol. The van der Waals surface area contributed by atoms with Crippen LogP contribution in [0.3, 0.4) is 0 Å². The molecule has 0 atom stereocenters. The summed E-state index contributed by atoms with van der Waals surface area (Å²) in [7, 11) is 1.18. The summed E-state index contributed by atoms with van der Waals surface area (Å²) in [5, 5.41) is 2.63. The summed E-state index contributed by atoms with van der Waals surface area (Å²) in [5.74, 6) is -1.41. The van der Waals surface area contributed by atoms with Gasteiger partial charge in [-0.3, -0.25) is 0 Å². The fraction of sp³-hybridized carbons (Fsp3) is 0.111. The standard InChI is InChI=1S/C9H9FN2O2S/c1-14-8(13)6-4-5(12-9(11)15)2-3-7(6)10/h2-4H,1H3,(H3,11,12,15). The summed E-state index contributed by atoms with van der Waals surface area (Å²) in [6, 6.07) is 3.83. The lowest BCUT2D eigenvalue weighted by Crippen LogP contribution is -2.19. The molecule has 0 saturated carbocycles. The largest absolute Gasteiger partial charge is 0.465 e. The van der Waals surface area contributed by atoms with Crippen LogP contribution in [-0.2, 0) is 4.74 Å². The molecule has 80 valence electrons. The average molecular weight is 228 g/mol. The van der Waals surface area contributed by atoms with Crippen LogP contribution >= 0.6 is 12.2 Å². The topological polar surface area (TPSA) is 64.3 Å². The second-order valence-electron chi connectivity index (χ2n) is 2.68. The number of ether oxygens (including phenoxy) is 1. The lowest BCUT2D eigenvalue weighted by Gasteiger charge is -2.06. The number of halogens is 1. The van der Waals surface area contributed by atoms with Crippen molar-refractivity contribution in [2.75, 3.05) is 12.4 Å². The van der Waals surface area contributed by atoms with Crippen LogP contribution in [0.1, 0.15) is 10.4 Å². The first-order chi connectivity index (χ1) is 7.04. The molecule has 0 radical (unpaired) electrons. The first-order valence-corrected chi connectivity index (χ1v) is 4.39. The highest BCUT2D eigenvalue weighted by Gasteiger charge is 2.12. The number of esters is 1. The normalized spacial score (nSPS) is 9.47. The molecule has 0 aromatic heterocycles. The van der Waals surface area contributed by atoms with Crippen LogP contribution in [-0.4, -0.2) is 18.2 Å². The van der Waals surface area contributed by atoms with Gasteiger partial charge in [-0.2, -0.15) is 0 Å². The SMILES string of the molecule is COC(=O)c1cc(NC(N)=S)ccc1F. The van der Waals surface area contributed by atoms with Crippen molar-refractivity contribution in [2.24, 2.45) is 5.73 Å². The van der Waals surface area contributed by atoms with E-state index in [1.807, 2.05) is 0 Å². The van der Waals surface area contributed by atoms with E-state index in [0.29, 0.717) is 5.69 Å². The molecular formula is C9H9FN2O2S. The third kappa shape index (κ3) is 2.88. The molecule has 4 nitrogen and oxygen atoms in total. The Balaban J connectivity index is 3.05. The lowest BCUT2D eigenvalue weighted by molar-refractivity contribution is 0.0595. The van der Waals surface area contributed by atoms with E-state index < -0.39 is 11.8 Å². The number of nitrogens with two attached hydrogens (primary N) is 1. The molecule has 6 heteroatoms. The number of hydrogen-bond donors (Lipinski definition) is 2. The van der Waals surface area contributed by atoms with Gasteiger partial charge in [0.15, 0.2) is 5.11 Å². The molecule has 0 aliphatic rings. The molecule has 1 aromatic carbocycles.